The molecular weight excluding hydrogens is 806 g/mol. The summed E-state index contributed by atoms with van der Waals surface area (Å²) in [5.41, 5.74) is 0. The van der Waals surface area contributed by atoms with E-state index in [0.717, 1.165) is 57.8 Å². The summed E-state index contributed by atoms with van der Waals surface area (Å²) in [6.45, 7) is 2.61. The summed E-state index contributed by atoms with van der Waals surface area (Å²) in [5.74, 6) is -2.36. The van der Waals surface area contributed by atoms with Gasteiger partial charge >= 0.3 is 19.8 Å². The van der Waals surface area contributed by atoms with E-state index >= 15 is 0 Å². The highest BCUT2D eigenvalue weighted by molar-refractivity contribution is 7.47. The number of aliphatic hydroxyl groups is 1. The van der Waals surface area contributed by atoms with Crippen LogP contribution in [0.15, 0.2) is 24.3 Å². The van der Waals surface area contributed by atoms with Crippen molar-refractivity contribution in [3.05, 3.63) is 24.3 Å². The molecule has 0 heterocycles. The number of amides is 1. The van der Waals surface area contributed by atoms with Gasteiger partial charge in [0.15, 0.2) is 6.04 Å². The van der Waals surface area contributed by atoms with Gasteiger partial charge in [-0.1, -0.05) is 212 Å². The van der Waals surface area contributed by atoms with Gasteiger partial charge in [-0.15, -0.1) is 0 Å². The molecule has 364 valence electrons. The summed E-state index contributed by atoms with van der Waals surface area (Å²) in [6, 6.07) is -1.55. The zero-order valence-corrected chi connectivity index (χ0v) is 40.6. The second kappa shape index (κ2) is 45.5. The van der Waals surface area contributed by atoms with Gasteiger partial charge in [-0.2, -0.15) is 0 Å². The van der Waals surface area contributed by atoms with Crippen LogP contribution in [0.4, 0.5) is 0 Å². The van der Waals surface area contributed by atoms with E-state index in [0.29, 0.717) is 12.8 Å². The van der Waals surface area contributed by atoms with Gasteiger partial charge in [-0.05, 0) is 44.9 Å². The van der Waals surface area contributed by atoms with E-state index < -0.39 is 57.6 Å². The van der Waals surface area contributed by atoms with E-state index in [1.165, 1.54) is 148 Å². The molecule has 3 atom stereocenters. The lowest BCUT2D eigenvalue weighted by Crippen LogP contribution is -2.43. The van der Waals surface area contributed by atoms with Crippen molar-refractivity contribution in [2.75, 3.05) is 19.8 Å². The Balaban J connectivity index is 3.81. The Kier molecular flexibility index (Phi) is 44.0. The molecule has 0 fully saturated rings. The zero-order valence-electron chi connectivity index (χ0n) is 39.7. The van der Waals surface area contributed by atoms with Crippen molar-refractivity contribution in [2.45, 2.75) is 257 Å². The third kappa shape index (κ3) is 44.6. The Labute approximate surface area is 379 Å². The quantitative estimate of drug-likeness (QED) is 0.0200. The summed E-state index contributed by atoms with van der Waals surface area (Å²) >= 11 is 0. The SMILES string of the molecule is CCCCC/C=C\C/C=C\CCCCCCCCCCCC(=O)NC(COP(=O)(O)OCC(O)COC(=O)CCCCCCCCCCCCCCCCCCCCC)C(=O)O. The molecule has 0 bridgehead atoms. The number of esters is 1. The lowest BCUT2D eigenvalue weighted by Gasteiger charge is -2.18. The predicted octanol–water partition coefficient (Wildman–Crippen LogP) is 13.8. The van der Waals surface area contributed by atoms with Crippen molar-refractivity contribution in [3.63, 3.8) is 0 Å². The number of ether oxygens (including phenoxy) is 1. The molecule has 0 saturated heterocycles. The number of allylic oxidation sites excluding steroid dienone is 4. The summed E-state index contributed by atoms with van der Waals surface area (Å²) in [4.78, 5) is 46.1. The second-order valence-electron chi connectivity index (χ2n) is 17.4. The number of unbranched alkanes of at least 4 members (excludes halogenated alkanes) is 30. The lowest BCUT2D eigenvalue weighted by molar-refractivity contribution is -0.147. The number of carbonyl (C=O) groups is 3. The fraction of sp³-hybridized carbons (Fsp3) is 0.860. The van der Waals surface area contributed by atoms with Gasteiger partial charge in [0.05, 0.1) is 13.2 Å². The van der Waals surface area contributed by atoms with Gasteiger partial charge in [0.25, 0.3) is 0 Å². The number of carboxylic acid groups (broad SMARTS) is 1. The number of phosphoric ester groups is 1. The molecule has 1 amide bonds. The lowest BCUT2D eigenvalue weighted by atomic mass is 10.0. The third-order valence-electron chi connectivity index (χ3n) is 11.2. The molecule has 0 radical (unpaired) electrons. The smallest absolute Gasteiger partial charge is 0.472 e. The number of rotatable bonds is 48. The Morgan fingerprint density at radius 2 is 0.887 bits per heavy atom. The first-order valence-corrected chi connectivity index (χ1v) is 26.9. The zero-order chi connectivity index (χ0) is 45.6. The number of carboxylic acids is 1. The van der Waals surface area contributed by atoms with Crippen molar-refractivity contribution in [1.29, 1.82) is 0 Å². The predicted molar refractivity (Wildman–Crippen MR) is 254 cm³/mol. The van der Waals surface area contributed by atoms with E-state index in [4.69, 9.17) is 13.8 Å². The van der Waals surface area contributed by atoms with Gasteiger partial charge in [0, 0.05) is 12.8 Å². The Bertz CT molecular complexity index is 1150. The van der Waals surface area contributed by atoms with Crippen LogP contribution in [0.2, 0.25) is 0 Å². The van der Waals surface area contributed by atoms with E-state index in [-0.39, 0.29) is 12.8 Å². The van der Waals surface area contributed by atoms with Crippen LogP contribution in [0.25, 0.3) is 0 Å². The van der Waals surface area contributed by atoms with Crippen LogP contribution in [0, 0.1) is 0 Å². The minimum atomic E-state index is -4.76. The maximum absolute atomic E-state index is 12.4. The summed E-state index contributed by atoms with van der Waals surface area (Å²) in [5, 5.41) is 21.9. The molecule has 0 rings (SSSR count). The molecular formula is C50H94NO10P. The second-order valence-corrected chi connectivity index (χ2v) is 18.8. The maximum Gasteiger partial charge on any atom is 0.472 e. The minimum Gasteiger partial charge on any atom is -0.480 e. The minimum absolute atomic E-state index is 0.143. The van der Waals surface area contributed by atoms with Gasteiger partial charge in [0.2, 0.25) is 5.91 Å². The van der Waals surface area contributed by atoms with Crippen LogP contribution in [-0.2, 0) is 32.7 Å². The van der Waals surface area contributed by atoms with Crippen LogP contribution in [0.1, 0.15) is 245 Å². The number of aliphatic hydroxyl groups excluding tert-OH is 1. The van der Waals surface area contributed by atoms with Crippen molar-refractivity contribution in [2.24, 2.45) is 0 Å². The molecule has 11 nitrogen and oxygen atoms in total. The number of carbonyl (C=O) groups excluding carboxylic acids is 2. The highest BCUT2D eigenvalue weighted by Crippen LogP contribution is 2.43. The van der Waals surface area contributed by atoms with Crippen molar-refractivity contribution < 1.29 is 47.8 Å². The Morgan fingerprint density at radius 1 is 0.516 bits per heavy atom. The van der Waals surface area contributed by atoms with E-state index in [1.54, 1.807) is 0 Å². The summed E-state index contributed by atoms with van der Waals surface area (Å²) in [7, 11) is -4.76. The molecule has 0 aromatic rings. The average Bonchev–Trinajstić information content (AvgIpc) is 3.25. The average molecular weight is 900 g/mol. The maximum atomic E-state index is 12.4. The largest absolute Gasteiger partial charge is 0.480 e. The number of hydrogen-bond donors (Lipinski definition) is 4. The topological polar surface area (TPSA) is 169 Å². The first kappa shape index (κ1) is 60.0. The third-order valence-corrected chi connectivity index (χ3v) is 12.2. The van der Waals surface area contributed by atoms with Crippen LogP contribution >= 0.6 is 7.82 Å². The van der Waals surface area contributed by atoms with Crippen LogP contribution in [-0.4, -0.2) is 64.9 Å². The highest BCUT2D eigenvalue weighted by Gasteiger charge is 2.28. The van der Waals surface area contributed by atoms with Gasteiger partial charge in [-0.3, -0.25) is 18.6 Å². The summed E-state index contributed by atoms with van der Waals surface area (Å²) < 4.78 is 26.9. The molecule has 4 N–H and O–H groups in total. The van der Waals surface area contributed by atoms with Crippen molar-refractivity contribution in [1.82, 2.24) is 5.32 Å². The molecule has 0 aliphatic carbocycles. The molecule has 0 saturated carbocycles. The molecule has 0 aromatic carbocycles. The molecule has 3 unspecified atom stereocenters. The van der Waals surface area contributed by atoms with Crippen molar-refractivity contribution >= 4 is 25.7 Å². The molecule has 0 aliphatic heterocycles. The fourth-order valence-electron chi connectivity index (χ4n) is 7.29. The monoisotopic (exact) mass is 900 g/mol. The molecule has 0 aliphatic rings. The first-order chi connectivity index (χ1) is 30.1. The number of phosphoric acid groups is 1. The van der Waals surface area contributed by atoms with Gasteiger partial charge in [-0.25, -0.2) is 9.36 Å². The van der Waals surface area contributed by atoms with Crippen LogP contribution in [0.5, 0.6) is 0 Å². The van der Waals surface area contributed by atoms with E-state index in [9.17, 15) is 34.1 Å². The molecule has 0 spiro atoms. The van der Waals surface area contributed by atoms with Gasteiger partial charge in [0.1, 0.15) is 12.7 Å². The Morgan fingerprint density at radius 3 is 1.34 bits per heavy atom. The fourth-order valence-corrected chi connectivity index (χ4v) is 8.06. The number of hydrogen-bond acceptors (Lipinski definition) is 8. The van der Waals surface area contributed by atoms with E-state index in [1.807, 2.05) is 0 Å². The Hall–Kier alpha value is -2.04. The molecule has 12 heteroatoms. The van der Waals surface area contributed by atoms with Gasteiger partial charge < -0.3 is 25.2 Å². The highest BCUT2D eigenvalue weighted by atomic mass is 31.2. The first-order valence-electron chi connectivity index (χ1n) is 25.4. The number of nitrogens with one attached hydrogen (secondary N) is 1. The molecule has 62 heavy (non-hydrogen) atoms. The number of aliphatic carboxylic acids is 1. The van der Waals surface area contributed by atoms with E-state index in [2.05, 4.69) is 43.5 Å². The standard InChI is InChI=1S/C50H94NO10P/c1-3-5-7-9-11-13-15-17-19-21-23-25-27-29-31-33-35-37-39-41-48(53)51-47(50(55)56)45-61-62(57,58)60-44-46(52)43-59-49(54)42-40-38-36-34-32-30-28-26-24-22-20-18-16-14-12-10-8-6-4-2/h11,13,17,19,46-47,52H,3-10,12,14-16,18,20-45H2,1-2H3,(H,51,53)(H,55,56)(H,57,58)/b13-11-,19-17-. The van der Waals surface area contributed by atoms with Crippen molar-refractivity contribution in [3.8, 4) is 0 Å². The normalized spacial score (nSPS) is 13.7. The molecule has 0 aromatic heterocycles. The van der Waals surface area contributed by atoms with Crippen LogP contribution in [0.3, 0.4) is 0 Å². The van der Waals surface area contributed by atoms with Crippen LogP contribution < -0.4 is 5.32 Å². The summed E-state index contributed by atoms with van der Waals surface area (Å²) in [6.07, 6.45) is 49.1.